The summed E-state index contributed by atoms with van der Waals surface area (Å²) in [7, 11) is 4.93. The van der Waals surface area contributed by atoms with E-state index in [1.54, 1.807) is 0 Å². The van der Waals surface area contributed by atoms with Crippen LogP contribution in [0.4, 0.5) is 0 Å². The zero-order chi connectivity index (χ0) is 17.7. The van der Waals surface area contributed by atoms with Gasteiger partial charge in [-0.15, -0.1) is 0 Å². The lowest BCUT2D eigenvalue weighted by molar-refractivity contribution is 0.575. The van der Waals surface area contributed by atoms with Gasteiger partial charge in [-0.25, -0.2) is 0 Å². The summed E-state index contributed by atoms with van der Waals surface area (Å²) in [5.74, 6) is 4.82. The highest BCUT2D eigenvalue weighted by Crippen LogP contribution is 2.24. The fraction of sp³-hybridized carbons (Fsp3) is 1.00. The summed E-state index contributed by atoms with van der Waals surface area (Å²) in [4.78, 5) is 0. The third kappa shape index (κ3) is 18.2. The fourth-order valence-corrected chi connectivity index (χ4v) is 1.97. The van der Waals surface area contributed by atoms with Crippen LogP contribution in [-0.4, -0.2) is 14.6 Å². The Labute approximate surface area is 145 Å². The number of rotatable bonds is 10. The molecule has 0 bridgehead atoms. The van der Waals surface area contributed by atoms with E-state index >= 15 is 0 Å². The maximum absolute atomic E-state index is 2.48. The van der Waals surface area contributed by atoms with E-state index in [4.69, 9.17) is 0 Å². The van der Waals surface area contributed by atoms with Gasteiger partial charge in [0.1, 0.15) is 14.6 Å². The molecule has 0 rings (SSSR count). The summed E-state index contributed by atoms with van der Waals surface area (Å²) < 4.78 is 0. The highest BCUT2D eigenvalue weighted by molar-refractivity contribution is 6.39. The summed E-state index contributed by atoms with van der Waals surface area (Å²) in [6, 6.07) is 0. The minimum Gasteiger partial charge on any atom is -0.0801 e. The monoisotopic (exact) mass is 306 g/mol. The van der Waals surface area contributed by atoms with Gasteiger partial charge in [0.2, 0.25) is 0 Å². The standard InChI is InChI=1S/2C10H22B/c1-9(2)5-7-11-8-6-10(3)4;1-7(2)9(5)11-10(6)8(3)4/h9-10H,5-8H2,1-4H3;7-10H,1-6H3. The highest BCUT2D eigenvalue weighted by atomic mass is 14.1. The molecule has 2 radical (unpaired) electrons. The second-order valence-corrected chi connectivity index (χ2v) is 8.63. The van der Waals surface area contributed by atoms with Crippen LogP contribution in [0.2, 0.25) is 24.3 Å². The first kappa shape index (κ1) is 24.4. The Bertz CT molecular complexity index is 200. The molecule has 0 spiro atoms. The van der Waals surface area contributed by atoms with Gasteiger partial charge in [0.25, 0.3) is 0 Å². The van der Waals surface area contributed by atoms with E-state index in [1.807, 2.05) is 0 Å². The van der Waals surface area contributed by atoms with Crippen molar-refractivity contribution in [2.75, 3.05) is 0 Å². The van der Waals surface area contributed by atoms with E-state index in [0.717, 1.165) is 35.3 Å². The molecule has 0 aliphatic heterocycles. The van der Waals surface area contributed by atoms with Crippen molar-refractivity contribution in [1.82, 2.24) is 0 Å². The van der Waals surface area contributed by atoms with Gasteiger partial charge in [0.15, 0.2) is 0 Å². The molecule has 2 atom stereocenters. The van der Waals surface area contributed by atoms with Crippen molar-refractivity contribution in [3.05, 3.63) is 0 Å². The van der Waals surface area contributed by atoms with Crippen LogP contribution in [-0.2, 0) is 0 Å². The molecule has 0 amide bonds. The van der Waals surface area contributed by atoms with E-state index < -0.39 is 0 Å². The van der Waals surface area contributed by atoms with Gasteiger partial charge in [-0.05, 0) is 11.8 Å². The van der Waals surface area contributed by atoms with Gasteiger partial charge in [0.05, 0.1) is 0 Å². The summed E-state index contributed by atoms with van der Waals surface area (Å²) in [6.45, 7) is 22.9. The van der Waals surface area contributed by atoms with Gasteiger partial charge in [-0.3, -0.25) is 0 Å². The predicted molar refractivity (Wildman–Crippen MR) is 109 cm³/mol. The van der Waals surface area contributed by atoms with Crippen molar-refractivity contribution in [2.24, 2.45) is 23.7 Å². The van der Waals surface area contributed by atoms with Crippen molar-refractivity contribution < 1.29 is 0 Å². The molecular formula is C20H44B2. The SMILES string of the molecule is CC(C)C(C)[B]C(C)C(C)C.CC(C)CC[B]CCC(C)C. The van der Waals surface area contributed by atoms with Crippen LogP contribution in [0.15, 0.2) is 0 Å². The zero-order valence-electron chi connectivity index (χ0n) is 17.4. The molecule has 22 heavy (non-hydrogen) atoms. The molecule has 2 unspecified atom stereocenters. The Morgan fingerprint density at radius 1 is 0.545 bits per heavy atom. The van der Waals surface area contributed by atoms with E-state index in [-0.39, 0.29) is 0 Å². The number of hydrogen-bond donors (Lipinski definition) is 0. The fourth-order valence-electron chi connectivity index (χ4n) is 1.97. The van der Waals surface area contributed by atoms with Crippen molar-refractivity contribution >= 4 is 14.6 Å². The van der Waals surface area contributed by atoms with Gasteiger partial charge < -0.3 is 0 Å². The maximum Gasteiger partial charge on any atom is 0.117 e. The Morgan fingerprint density at radius 2 is 0.864 bits per heavy atom. The summed E-state index contributed by atoms with van der Waals surface area (Å²) >= 11 is 0. The highest BCUT2D eigenvalue weighted by Gasteiger charge is 2.15. The molecule has 0 aromatic carbocycles. The van der Waals surface area contributed by atoms with Crippen LogP contribution >= 0.6 is 0 Å². The van der Waals surface area contributed by atoms with E-state index in [9.17, 15) is 0 Å². The van der Waals surface area contributed by atoms with E-state index in [2.05, 4.69) is 83.8 Å². The molecule has 0 aliphatic rings. The van der Waals surface area contributed by atoms with Crippen LogP contribution in [0.25, 0.3) is 0 Å². The maximum atomic E-state index is 2.48. The lowest BCUT2D eigenvalue weighted by Gasteiger charge is -2.21. The Hall–Kier alpha value is 0.130. The molecule has 0 aromatic rings. The molecule has 0 aliphatic carbocycles. The first-order chi connectivity index (χ1) is 10.1. The van der Waals surface area contributed by atoms with E-state index in [1.165, 1.54) is 25.5 Å². The molecular weight excluding hydrogens is 262 g/mol. The average Bonchev–Trinajstić information content (AvgIpc) is 2.37. The van der Waals surface area contributed by atoms with Gasteiger partial charge in [-0.2, -0.15) is 0 Å². The molecule has 0 saturated carbocycles. The van der Waals surface area contributed by atoms with Crippen LogP contribution in [0, 0.1) is 23.7 Å². The van der Waals surface area contributed by atoms with Gasteiger partial charge in [-0.1, -0.05) is 118 Å². The first-order valence-corrected chi connectivity index (χ1v) is 9.74. The third-order valence-electron chi connectivity index (χ3n) is 4.61. The number of hydrogen-bond acceptors (Lipinski definition) is 0. The molecule has 0 aromatic heterocycles. The Morgan fingerprint density at radius 3 is 1.09 bits per heavy atom. The van der Waals surface area contributed by atoms with E-state index in [0.29, 0.717) is 0 Å². The quantitative estimate of drug-likeness (QED) is 0.295. The molecule has 2 heteroatoms. The molecule has 0 N–H and O–H groups in total. The van der Waals surface area contributed by atoms with Crippen molar-refractivity contribution in [3.63, 3.8) is 0 Å². The third-order valence-corrected chi connectivity index (χ3v) is 4.61. The Balaban J connectivity index is 0. The largest absolute Gasteiger partial charge is 0.117 e. The first-order valence-electron chi connectivity index (χ1n) is 9.74. The minimum atomic E-state index is 0.757. The van der Waals surface area contributed by atoms with Crippen molar-refractivity contribution in [1.29, 1.82) is 0 Å². The molecule has 0 nitrogen and oxygen atoms in total. The summed E-state index contributed by atoms with van der Waals surface area (Å²) in [6.07, 6.45) is 5.34. The summed E-state index contributed by atoms with van der Waals surface area (Å²) in [5, 5.41) is 0. The van der Waals surface area contributed by atoms with Crippen LogP contribution in [0.3, 0.4) is 0 Å². The van der Waals surface area contributed by atoms with Crippen LogP contribution in [0.1, 0.15) is 82.1 Å². The zero-order valence-corrected chi connectivity index (χ0v) is 17.4. The lowest BCUT2D eigenvalue weighted by Crippen LogP contribution is -2.14. The lowest BCUT2D eigenvalue weighted by atomic mass is 9.50. The molecule has 130 valence electrons. The Kier molecular flexibility index (Phi) is 16.3. The minimum absolute atomic E-state index is 0.757. The average molecular weight is 306 g/mol. The van der Waals surface area contributed by atoms with Crippen molar-refractivity contribution in [3.8, 4) is 0 Å². The molecule has 0 heterocycles. The smallest absolute Gasteiger partial charge is 0.0801 e. The topological polar surface area (TPSA) is 0 Å². The summed E-state index contributed by atoms with van der Waals surface area (Å²) in [5.41, 5.74) is 0. The molecule has 0 fully saturated rings. The van der Waals surface area contributed by atoms with Crippen LogP contribution in [0.5, 0.6) is 0 Å². The van der Waals surface area contributed by atoms with Gasteiger partial charge in [0, 0.05) is 0 Å². The second-order valence-electron chi connectivity index (χ2n) is 8.63. The predicted octanol–water partition coefficient (Wildman–Crippen LogP) is 7.24. The van der Waals surface area contributed by atoms with Gasteiger partial charge >= 0.3 is 0 Å². The second kappa shape index (κ2) is 14.7. The normalized spacial score (nSPS) is 14.1. The molecule has 0 saturated heterocycles. The van der Waals surface area contributed by atoms with Crippen molar-refractivity contribution in [2.45, 2.75) is 106 Å². The van der Waals surface area contributed by atoms with Crippen LogP contribution < -0.4 is 0 Å².